The lowest BCUT2D eigenvalue weighted by Gasteiger charge is -2.32. The highest BCUT2D eigenvalue weighted by molar-refractivity contribution is 5.36. The highest BCUT2D eigenvalue weighted by Crippen LogP contribution is 2.28. The Labute approximate surface area is 151 Å². The van der Waals surface area contributed by atoms with E-state index in [4.69, 9.17) is 0 Å². The Morgan fingerprint density at radius 3 is 2.58 bits per heavy atom. The predicted octanol–water partition coefficient (Wildman–Crippen LogP) is 2.35. The molecule has 1 N–H and O–H groups in total. The third-order valence-corrected chi connectivity index (χ3v) is 4.75. The summed E-state index contributed by atoms with van der Waals surface area (Å²) in [6, 6.07) is 11.6. The topological polar surface area (TPSA) is 79.7 Å². The smallest absolute Gasteiger partial charge is 0.340 e. The van der Waals surface area contributed by atoms with Crippen LogP contribution < -0.4 is 10.6 Å². The summed E-state index contributed by atoms with van der Waals surface area (Å²) in [5, 5.41) is 6.95. The van der Waals surface area contributed by atoms with E-state index in [2.05, 4.69) is 25.1 Å². The summed E-state index contributed by atoms with van der Waals surface area (Å²) < 4.78 is 1.68. The van der Waals surface area contributed by atoms with E-state index in [9.17, 15) is 4.79 Å². The lowest BCUT2D eigenvalue weighted by molar-refractivity contribution is 0.479. The van der Waals surface area contributed by atoms with Crippen molar-refractivity contribution in [1.82, 2.24) is 24.7 Å². The van der Waals surface area contributed by atoms with Gasteiger partial charge in [0.1, 0.15) is 5.82 Å². The lowest BCUT2D eigenvalue weighted by atomic mass is 9.97. The molecule has 0 amide bonds. The molecule has 0 radical (unpaired) electrons. The monoisotopic (exact) mass is 350 g/mol. The van der Waals surface area contributed by atoms with Crippen LogP contribution in [0.3, 0.4) is 0 Å². The number of aromatic amines is 1. The van der Waals surface area contributed by atoms with E-state index >= 15 is 0 Å². The fourth-order valence-electron chi connectivity index (χ4n) is 3.63. The van der Waals surface area contributed by atoms with Gasteiger partial charge in [-0.2, -0.15) is 5.10 Å². The van der Waals surface area contributed by atoms with Gasteiger partial charge in [-0.3, -0.25) is 0 Å². The average molecular weight is 350 g/mol. The SMILES string of the molecule is Cc1cc(C)nc(N2CCC[C@@H](c3n[nH]c(=O)n3-c3ccccc3)C2)n1. The van der Waals surface area contributed by atoms with E-state index in [0.717, 1.165) is 54.8 Å². The molecule has 7 nitrogen and oxygen atoms in total. The number of anilines is 1. The summed E-state index contributed by atoms with van der Waals surface area (Å²) in [5.41, 5.74) is 2.57. The van der Waals surface area contributed by atoms with Gasteiger partial charge >= 0.3 is 5.69 Å². The number of nitrogens with zero attached hydrogens (tertiary/aromatic N) is 5. The molecule has 1 aromatic carbocycles. The molecule has 0 aliphatic carbocycles. The van der Waals surface area contributed by atoms with Crippen LogP contribution in [-0.2, 0) is 0 Å². The molecule has 0 saturated carbocycles. The molecule has 1 aliphatic heterocycles. The first-order chi connectivity index (χ1) is 12.6. The molecule has 3 aromatic rings. The third-order valence-electron chi connectivity index (χ3n) is 4.75. The van der Waals surface area contributed by atoms with Gasteiger partial charge in [-0.05, 0) is 44.9 Å². The summed E-state index contributed by atoms with van der Waals surface area (Å²) in [4.78, 5) is 23.7. The molecule has 7 heteroatoms. The summed E-state index contributed by atoms with van der Waals surface area (Å²) in [7, 11) is 0. The van der Waals surface area contributed by atoms with Gasteiger partial charge in [0.25, 0.3) is 0 Å². The van der Waals surface area contributed by atoms with Gasteiger partial charge in [0.15, 0.2) is 0 Å². The molecule has 0 spiro atoms. The van der Waals surface area contributed by atoms with Gasteiger partial charge in [-0.1, -0.05) is 18.2 Å². The summed E-state index contributed by atoms with van der Waals surface area (Å²) in [6.07, 6.45) is 2.00. The van der Waals surface area contributed by atoms with E-state index in [1.54, 1.807) is 4.57 Å². The van der Waals surface area contributed by atoms with Crippen molar-refractivity contribution < 1.29 is 0 Å². The number of para-hydroxylation sites is 1. The van der Waals surface area contributed by atoms with Crippen molar-refractivity contribution in [3.63, 3.8) is 0 Å². The Morgan fingerprint density at radius 2 is 1.85 bits per heavy atom. The van der Waals surface area contributed by atoms with Crippen LogP contribution in [0.5, 0.6) is 0 Å². The molecule has 0 bridgehead atoms. The molecular weight excluding hydrogens is 328 g/mol. The molecule has 26 heavy (non-hydrogen) atoms. The van der Waals surface area contributed by atoms with E-state index in [0.29, 0.717) is 0 Å². The standard InChI is InChI=1S/C19H22N6O/c1-13-11-14(2)21-18(20-13)24-10-6-7-15(12-24)17-22-23-19(26)25(17)16-8-4-3-5-9-16/h3-5,8-9,11,15H,6-7,10,12H2,1-2H3,(H,23,26)/t15-/m1/s1. The zero-order valence-corrected chi connectivity index (χ0v) is 15.0. The van der Waals surface area contributed by atoms with Crippen LogP contribution in [0.15, 0.2) is 41.2 Å². The normalized spacial score (nSPS) is 17.5. The first-order valence-electron chi connectivity index (χ1n) is 8.92. The van der Waals surface area contributed by atoms with Gasteiger partial charge in [-0.15, -0.1) is 0 Å². The van der Waals surface area contributed by atoms with Gasteiger partial charge in [0.2, 0.25) is 5.95 Å². The quantitative estimate of drug-likeness (QED) is 0.784. The van der Waals surface area contributed by atoms with E-state index in [1.807, 2.05) is 50.2 Å². The number of rotatable bonds is 3. The average Bonchev–Trinajstić information content (AvgIpc) is 3.03. The van der Waals surface area contributed by atoms with Gasteiger partial charge in [-0.25, -0.2) is 24.4 Å². The van der Waals surface area contributed by atoms with Crippen molar-refractivity contribution in [3.8, 4) is 5.69 Å². The number of aromatic nitrogens is 5. The zero-order valence-electron chi connectivity index (χ0n) is 15.0. The summed E-state index contributed by atoms with van der Waals surface area (Å²) >= 11 is 0. The minimum atomic E-state index is -0.203. The maximum atomic E-state index is 12.3. The Kier molecular flexibility index (Phi) is 4.28. The van der Waals surface area contributed by atoms with Crippen LogP contribution in [-0.4, -0.2) is 37.8 Å². The zero-order chi connectivity index (χ0) is 18.1. The number of hydrogen-bond acceptors (Lipinski definition) is 5. The van der Waals surface area contributed by atoms with Crippen LogP contribution in [0, 0.1) is 13.8 Å². The second kappa shape index (κ2) is 6.74. The first-order valence-corrected chi connectivity index (χ1v) is 8.92. The molecule has 1 aliphatic rings. The highest BCUT2D eigenvalue weighted by atomic mass is 16.1. The summed E-state index contributed by atoms with van der Waals surface area (Å²) in [5.74, 6) is 1.68. The molecule has 4 rings (SSSR count). The molecular formula is C19H22N6O. The van der Waals surface area contributed by atoms with Crippen molar-refractivity contribution in [3.05, 3.63) is 64.1 Å². The fraction of sp³-hybridized carbons (Fsp3) is 0.368. The van der Waals surface area contributed by atoms with Crippen LogP contribution in [0.25, 0.3) is 5.69 Å². The fourth-order valence-corrected chi connectivity index (χ4v) is 3.63. The number of piperidine rings is 1. The van der Waals surface area contributed by atoms with E-state index in [1.165, 1.54) is 0 Å². The maximum Gasteiger partial charge on any atom is 0.347 e. The number of H-pyrrole nitrogens is 1. The predicted molar refractivity (Wildman–Crippen MR) is 99.9 cm³/mol. The molecule has 3 heterocycles. The number of hydrogen-bond donors (Lipinski definition) is 1. The lowest BCUT2D eigenvalue weighted by Crippen LogP contribution is -2.37. The molecule has 2 aromatic heterocycles. The van der Waals surface area contributed by atoms with E-state index < -0.39 is 0 Å². The molecule has 1 fully saturated rings. The molecule has 1 saturated heterocycles. The van der Waals surface area contributed by atoms with Crippen molar-refractivity contribution >= 4 is 5.95 Å². The molecule has 134 valence electrons. The first kappa shape index (κ1) is 16.5. The minimum Gasteiger partial charge on any atom is -0.340 e. The summed E-state index contributed by atoms with van der Waals surface area (Å²) in [6.45, 7) is 5.64. The van der Waals surface area contributed by atoms with Crippen LogP contribution in [0.4, 0.5) is 5.95 Å². The van der Waals surface area contributed by atoms with Crippen molar-refractivity contribution in [2.75, 3.05) is 18.0 Å². The number of benzene rings is 1. The Morgan fingerprint density at radius 1 is 1.12 bits per heavy atom. The van der Waals surface area contributed by atoms with Crippen molar-refractivity contribution in [2.24, 2.45) is 0 Å². The number of aryl methyl sites for hydroxylation is 2. The van der Waals surface area contributed by atoms with Crippen LogP contribution in [0.1, 0.15) is 36.0 Å². The Balaban J connectivity index is 1.66. The maximum absolute atomic E-state index is 12.3. The van der Waals surface area contributed by atoms with Crippen molar-refractivity contribution in [2.45, 2.75) is 32.6 Å². The van der Waals surface area contributed by atoms with Crippen molar-refractivity contribution in [1.29, 1.82) is 0 Å². The minimum absolute atomic E-state index is 0.146. The molecule has 1 atom stereocenters. The number of nitrogens with one attached hydrogen (secondary N) is 1. The van der Waals surface area contributed by atoms with Gasteiger partial charge < -0.3 is 4.90 Å². The largest absolute Gasteiger partial charge is 0.347 e. The highest BCUT2D eigenvalue weighted by Gasteiger charge is 2.28. The Hall–Kier alpha value is -2.96. The third kappa shape index (κ3) is 3.12. The van der Waals surface area contributed by atoms with Gasteiger partial charge in [0, 0.05) is 30.4 Å². The van der Waals surface area contributed by atoms with E-state index in [-0.39, 0.29) is 11.6 Å². The second-order valence-electron chi connectivity index (χ2n) is 6.79. The van der Waals surface area contributed by atoms with Crippen LogP contribution >= 0.6 is 0 Å². The van der Waals surface area contributed by atoms with Crippen LogP contribution in [0.2, 0.25) is 0 Å². The molecule has 0 unspecified atom stereocenters. The second-order valence-corrected chi connectivity index (χ2v) is 6.79. The Bertz CT molecular complexity index is 941. The van der Waals surface area contributed by atoms with Gasteiger partial charge in [0.05, 0.1) is 5.69 Å².